The molecule has 0 amide bonds. The minimum Gasteiger partial charge on any atom is -0.466 e. The normalized spacial score (nSPS) is 16.8. The van der Waals surface area contributed by atoms with Crippen molar-refractivity contribution < 1.29 is 45.4 Å². The van der Waals surface area contributed by atoms with Crippen LogP contribution in [0.15, 0.2) is 22.5 Å². The van der Waals surface area contributed by atoms with Crippen molar-refractivity contribution in [2.75, 3.05) is 20.9 Å². The number of benzene rings is 1. The van der Waals surface area contributed by atoms with Crippen LogP contribution in [0, 0.1) is 29.1 Å². The van der Waals surface area contributed by atoms with Gasteiger partial charge in [0.1, 0.15) is 6.67 Å². The Morgan fingerprint density at radius 1 is 0.857 bits per heavy atom. The highest BCUT2D eigenvalue weighted by Gasteiger charge is 2.43. The molecule has 1 aliphatic heterocycles. The highest BCUT2D eigenvalue weighted by molar-refractivity contribution is 6.00. The number of carbonyl (C=O) groups is 2. The Balaban J connectivity index is 2.98. The van der Waals surface area contributed by atoms with Gasteiger partial charge in [0.15, 0.2) is 23.3 Å². The second kappa shape index (κ2) is 7.95. The van der Waals surface area contributed by atoms with E-state index in [1.54, 1.807) is 0 Å². The molecule has 2 rings (SSSR count). The van der Waals surface area contributed by atoms with Crippen molar-refractivity contribution >= 4 is 11.9 Å². The second-order valence-electron chi connectivity index (χ2n) is 5.59. The fraction of sp³-hybridized carbons (Fsp3) is 0.294. The summed E-state index contributed by atoms with van der Waals surface area (Å²) in [5, 5.41) is 2.35. The fourth-order valence-electron chi connectivity index (χ4n) is 2.90. The van der Waals surface area contributed by atoms with Crippen molar-refractivity contribution in [2.45, 2.75) is 12.8 Å². The van der Waals surface area contributed by atoms with Gasteiger partial charge in [0, 0.05) is 11.3 Å². The Kier molecular flexibility index (Phi) is 6.05. The van der Waals surface area contributed by atoms with Gasteiger partial charge in [-0.15, -0.1) is 0 Å². The molecule has 0 aromatic heterocycles. The van der Waals surface area contributed by atoms with Gasteiger partial charge in [-0.1, -0.05) is 0 Å². The SMILES string of the molecule is COC(=O)C1=C(C)NC(CF)=C(C(=O)OC)C1c1c(F)c(F)c(F)c(F)c1F. The van der Waals surface area contributed by atoms with E-state index in [-0.39, 0.29) is 5.70 Å². The molecule has 0 fully saturated rings. The first kappa shape index (κ1) is 21.3. The van der Waals surface area contributed by atoms with E-state index >= 15 is 0 Å². The van der Waals surface area contributed by atoms with Gasteiger partial charge < -0.3 is 14.8 Å². The average molecular weight is 409 g/mol. The number of esters is 2. The molecule has 1 heterocycles. The Bertz CT molecular complexity index is 896. The minimum atomic E-state index is -2.43. The number of allylic oxidation sites excluding steroid dienone is 2. The van der Waals surface area contributed by atoms with E-state index in [0.717, 1.165) is 14.2 Å². The molecule has 1 unspecified atom stereocenters. The Hall–Kier alpha value is -2.98. The van der Waals surface area contributed by atoms with E-state index in [4.69, 9.17) is 0 Å². The molecule has 1 aromatic rings. The van der Waals surface area contributed by atoms with Crippen molar-refractivity contribution in [3.05, 3.63) is 57.2 Å². The molecule has 28 heavy (non-hydrogen) atoms. The standard InChI is InChI=1S/C17H13F6NO4/c1-5-7(16(25)27-2)9(8(17(26)28-3)6(4-18)24-5)10-11(19)13(21)15(23)14(22)12(10)20/h9,24H,4H2,1-3H3. The Morgan fingerprint density at radius 2 is 1.29 bits per heavy atom. The zero-order chi connectivity index (χ0) is 21.3. The lowest BCUT2D eigenvalue weighted by molar-refractivity contribution is -0.137. The van der Waals surface area contributed by atoms with E-state index < -0.39 is 76.0 Å². The van der Waals surface area contributed by atoms with Crippen LogP contribution < -0.4 is 5.32 Å². The van der Waals surface area contributed by atoms with E-state index in [1.807, 2.05) is 0 Å². The van der Waals surface area contributed by atoms with E-state index in [0.29, 0.717) is 0 Å². The number of alkyl halides is 1. The third-order valence-corrected chi connectivity index (χ3v) is 4.12. The van der Waals surface area contributed by atoms with Gasteiger partial charge in [0.2, 0.25) is 5.82 Å². The third-order valence-electron chi connectivity index (χ3n) is 4.12. The molecule has 0 bridgehead atoms. The molecule has 5 nitrogen and oxygen atoms in total. The third kappa shape index (κ3) is 3.20. The molecule has 1 aliphatic rings. The number of methoxy groups -OCH3 is 2. The summed E-state index contributed by atoms with van der Waals surface area (Å²) in [6.45, 7) is -0.211. The van der Waals surface area contributed by atoms with Crippen LogP contribution in [0.3, 0.4) is 0 Å². The van der Waals surface area contributed by atoms with E-state index in [9.17, 15) is 35.9 Å². The molecule has 0 radical (unpaired) electrons. The smallest absolute Gasteiger partial charge is 0.336 e. The number of hydrogen-bond donors (Lipinski definition) is 1. The summed E-state index contributed by atoms with van der Waals surface area (Å²) in [7, 11) is 1.74. The van der Waals surface area contributed by atoms with E-state index in [1.165, 1.54) is 6.92 Å². The van der Waals surface area contributed by atoms with Crippen molar-refractivity contribution in [1.29, 1.82) is 0 Å². The monoisotopic (exact) mass is 409 g/mol. The first-order valence-electron chi connectivity index (χ1n) is 7.56. The Morgan fingerprint density at radius 3 is 1.71 bits per heavy atom. The van der Waals surface area contributed by atoms with Crippen LogP contribution in [0.25, 0.3) is 0 Å². The quantitative estimate of drug-likeness (QED) is 0.359. The molecular weight excluding hydrogens is 396 g/mol. The maximum Gasteiger partial charge on any atom is 0.336 e. The summed E-state index contributed by atoms with van der Waals surface area (Å²) in [6, 6.07) is 0. The Labute approximate surface area is 154 Å². The number of halogens is 6. The molecule has 11 heteroatoms. The molecule has 1 N–H and O–H groups in total. The van der Waals surface area contributed by atoms with Gasteiger partial charge in [-0.25, -0.2) is 35.9 Å². The van der Waals surface area contributed by atoms with Gasteiger partial charge in [0.05, 0.1) is 37.0 Å². The first-order chi connectivity index (χ1) is 13.1. The topological polar surface area (TPSA) is 64.6 Å². The molecule has 0 aliphatic carbocycles. The summed E-state index contributed by atoms with van der Waals surface area (Å²) in [5.74, 6) is -16.3. The second-order valence-corrected chi connectivity index (χ2v) is 5.59. The van der Waals surface area contributed by atoms with Crippen LogP contribution in [0.2, 0.25) is 0 Å². The molecular formula is C17H13F6NO4. The summed E-state index contributed by atoms with van der Waals surface area (Å²) in [5.41, 5.74) is -3.77. The first-order valence-corrected chi connectivity index (χ1v) is 7.56. The summed E-state index contributed by atoms with van der Waals surface area (Å²) in [4.78, 5) is 24.4. The summed E-state index contributed by atoms with van der Waals surface area (Å²) < 4.78 is 92.2. The molecule has 0 spiro atoms. The maximum atomic E-state index is 14.4. The molecule has 1 atom stereocenters. The van der Waals surface area contributed by atoms with Gasteiger partial charge in [-0.2, -0.15) is 0 Å². The summed E-state index contributed by atoms with van der Waals surface area (Å²) >= 11 is 0. The lowest BCUT2D eigenvalue weighted by Crippen LogP contribution is -2.34. The number of dihydropyridines is 1. The van der Waals surface area contributed by atoms with Gasteiger partial charge in [-0.05, 0) is 6.92 Å². The van der Waals surface area contributed by atoms with Crippen molar-refractivity contribution in [3.8, 4) is 0 Å². The van der Waals surface area contributed by atoms with Crippen molar-refractivity contribution in [3.63, 3.8) is 0 Å². The van der Waals surface area contributed by atoms with Crippen LogP contribution in [0.1, 0.15) is 18.4 Å². The van der Waals surface area contributed by atoms with Crippen molar-refractivity contribution in [2.24, 2.45) is 0 Å². The molecule has 1 aromatic carbocycles. The van der Waals surface area contributed by atoms with Crippen LogP contribution in [0.4, 0.5) is 26.3 Å². The fourth-order valence-corrected chi connectivity index (χ4v) is 2.90. The number of hydrogen-bond acceptors (Lipinski definition) is 5. The van der Waals surface area contributed by atoms with E-state index in [2.05, 4.69) is 14.8 Å². The number of rotatable bonds is 4. The van der Waals surface area contributed by atoms with Gasteiger partial charge in [0.25, 0.3) is 0 Å². The zero-order valence-corrected chi connectivity index (χ0v) is 14.7. The van der Waals surface area contributed by atoms with Crippen LogP contribution in [-0.2, 0) is 19.1 Å². The highest BCUT2D eigenvalue weighted by atomic mass is 19.2. The highest BCUT2D eigenvalue weighted by Crippen LogP contribution is 2.42. The lowest BCUT2D eigenvalue weighted by atomic mass is 9.79. The number of nitrogens with one attached hydrogen (secondary N) is 1. The van der Waals surface area contributed by atoms with Gasteiger partial charge >= 0.3 is 11.9 Å². The van der Waals surface area contributed by atoms with Crippen molar-refractivity contribution in [1.82, 2.24) is 5.32 Å². The molecule has 0 saturated heterocycles. The summed E-state index contributed by atoms with van der Waals surface area (Å²) in [6.07, 6.45) is 0. The van der Waals surface area contributed by atoms with Gasteiger partial charge in [-0.3, -0.25) is 0 Å². The minimum absolute atomic E-state index is 0.207. The maximum absolute atomic E-state index is 14.4. The zero-order valence-electron chi connectivity index (χ0n) is 14.7. The van der Waals surface area contributed by atoms with Crippen LogP contribution in [-0.4, -0.2) is 32.8 Å². The predicted octanol–water partition coefficient (Wildman–Crippen LogP) is 2.91. The number of carbonyl (C=O) groups excluding carboxylic acids is 2. The van der Waals surface area contributed by atoms with Crippen LogP contribution in [0.5, 0.6) is 0 Å². The van der Waals surface area contributed by atoms with Crippen LogP contribution >= 0.6 is 0 Å². The predicted molar refractivity (Wildman–Crippen MR) is 81.8 cm³/mol. The molecule has 152 valence electrons. The lowest BCUT2D eigenvalue weighted by Gasteiger charge is -2.30. The largest absolute Gasteiger partial charge is 0.466 e. The number of ether oxygens (including phenoxy) is 2. The average Bonchev–Trinajstić information content (AvgIpc) is 2.69. The molecule has 0 saturated carbocycles.